The third-order valence-corrected chi connectivity index (χ3v) is 4.60. The molecule has 0 aliphatic heterocycles. The van der Waals surface area contributed by atoms with Gasteiger partial charge in [0.15, 0.2) is 0 Å². The Morgan fingerprint density at radius 3 is 2.55 bits per heavy atom. The minimum atomic E-state index is -1.18. The molecule has 2 aromatic rings. The summed E-state index contributed by atoms with van der Waals surface area (Å²) in [4.78, 5) is 0.666. The molecular weight excluding hydrogens is 268 g/mol. The zero-order valence-electron chi connectivity index (χ0n) is 11.5. The van der Waals surface area contributed by atoms with E-state index in [2.05, 4.69) is 6.07 Å². The molecule has 0 aliphatic rings. The molecule has 0 aliphatic carbocycles. The number of hydrogen-bond acceptors (Lipinski definition) is 3. The molecule has 2 rings (SSSR count). The van der Waals surface area contributed by atoms with Crippen LogP contribution >= 0.6 is 0 Å². The van der Waals surface area contributed by atoms with Crippen molar-refractivity contribution < 1.29 is 4.21 Å². The Morgan fingerprint density at radius 2 is 1.95 bits per heavy atom. The quantitative estimate of drug-likeness (QED) is 0.881. The van der Waals surface area contributed by atoms with Crippen LogP contribution in [0.25, 0.3) is 0 Å². The first-order chi connectivity index (χ1) is 9.51. The molecule has 0 saturated heterocycles. The molecule has 0 spiro atoms. The molecule has 0 fully saturated rings. The number of nitrogens with two attached hydrogens (primary N) is 1. The van der Waals surface area contributed by atoms with Gasteiger partial charge in [-0.2, -0.15) is 5.26 Å². The molecule has 1 atom stereocenters. The molecule has 4 heteroatoms. The fraction of sp³-hybridized carbons (Fsp3) is 0.188. The van der Waals surface area contributed by atoms with E-state index in [4.69, 9.17) is 11.0 Å². The summed E-state index contributed by atoms with van der Waals surface area (Å²) in [5, 5.41) is 8.85. The molecule has 0 heterocycles. The summed E-state index contributed by atoms with van der Waals surface area (Å²) in [7, 11) is -1.18. The average molecular weight is 284 g/mol. The van der Waals surface area contributed by atoms with Crippen molar-refractivity contribution in [1.29, 1.82) is 5.26 Å². The number of hydrogen-bond donors (Lipinski definition) is 1. The van der Waals surface area contributed by atoms with Crippen molar-refractivity contribution in [2.24, 2.45) is 0 Å². The lowest BCUT2D eigenvalue weighted by Crippen LogP contribution is -2.02. The summed E-state index contributed by atoms with van der Waals surface area (Å²) in [5.41, 5.74) is 10.1. The van der Waals surface area contributed by atoms with Crippen molar-refractivity contribution in [3.63, 3.8) is 0 Å². The highest BCUT2D eigenvalue weighted by atomic mass is 32.2. The molecule has 0 saturated carbocycles. The Hall–Kier alpha value is -2.12. The molecule has 0 radical (unpaired) electrons. The largest absolute Gasteiger partial charge is 0.398 e. The number of nitrogen functional groups attached to an aromatic ring is 1. The van der Waals surface area contributed by atoms with Crippen molar-refractivity contribution in [1.82, 2.24) is 0 Å². The van der Waals surface area contributed by atoms with Gasteiger partial charge in [-0.05, 0) is 54.8 Å². The second kappa shape index (κ2) is 5.89. The second-order valence-corrected chi connectivity index (χ2v) is 6.20. The Kier molecular flexibility index (Phi) is 4.21. The number of anilines is 1. The predicted molar refractivity (Wildman–Crippen MR) is 81.6 cm³/mol. The smallest absolute Gasteiger partial charge is 0.0991 e. The summed E-state index contributed by atoms with van der Waals surface area (Å²) in [6.07, 6.45) is 0. The van der Waals surface area contributed by atoms with E-state index in [9.17, 15) is 4.21 Å². The average Bonchev–Trinajstić information content (AvgIpc) is 2.40. The van der Waals surface area contributed by atoms with E-state index >= 15 is 0 Å². The Labute approximate surface area is 121 Å². The zero-order chi connectivity index (χ0) is 14.7. The molecule has 2 aromatic carbocycles. The lowest BCUT2D eigenvalue weighted by Gasteiger charge is -2.09. The molecule has 0 amide bonds. The van der Waals surface area contributed by atoms with Crippen LogP contribution in [0.4, 0.5) is 5.69 Å². The third-order valence-electron chi connectivity index (χ3n) is 3.17. The van der Waals surface area contributed by atoms with Gasteiger partial charge in [0.2, 0.25) is 0 Å². The molecule has 1 unspecified atom stereocenters. The van der Waals surface area contributed by atoms with Crippen LogP contribution < -0.4 is 5.73 Å². The number of benzene rings is 2. The van der Waals surface area contributed by atoms with Gasteiger partial charge in [0.25, 0.3) is 0 Å². The van der Waals surface area contributed by atoms with E-state index in [1.165, 1.54) is 0 Å². The monoisotopic (exact) mass is 284 g/mol. The van der Waals surface area contributed by atoms with Gasteiger partial charge in [-0.15, -0.1) is 0 Å². The highest BCUT2D eigenvalue weighted by Gasteiger charge is 2.10. The number of nitrogens with zero attached hydrogens (tertiary/aromatic N) is 1. The SMILES string of the molecule is Cc1ccc(S(=O)Cc2ccc(C#N)cc2C)c(N)c1. The van der Waals surface area contributed by atoms with Gasteiger partial charge in [-0.25, -0.2) is 0 Å². The van der Waals surface area contributed by atoms with Crippen molar-refractivity contribution in [2.75, 3.05) is 5.73 Å². The van der Waals surface area contributed by atoms with Crippen LogP contribution in [-0.4, -0.2) is 4.21 Å². The van der Waals surface area contributed by atoms with Crippen LogP contribution in [0.1, 0.15) is 22.3 Å². The van der Waals surface area contributed by atoms with Crippen LogP contribution in [0.3, 0.4) is 0 Å². The highest BCUT2D eigenvalue weighted by Crippen LogP contribution is 2.22. The lowest BCUT2D eigenvalue weighted by molar-refractivity contribution is 0.683. The van der Waals surface area contributed by atoms with Gasteiger partial charge in [0.05, 0.1) is 33.1 Å². The summed E-state index contributed by atoms with van der Waals surface area (Å²) >= 11 is 0. The lowest BCUT2D eigenvalue weighted by atomic mass is 10.1. The van der Waals surface area contributed by atoms with Crippen LogP contribution in [-0.2, 0) is 16.6 Å². The molecule has 20 heavy (non-hydrogen) atoms. The van der Waals surface area contributed by atoms with Crippen molar-refractivity contribution in [3.8, 4) is 6.07 Å². The third kappa shape index (κ3) is 3.06. The number of nitriles is 1. The fourth-order valence-corrected chi connectivity index (χ4v) is 3.33. The summed E-state index contributed by atoms with van der Waals surface area (Å²) in [6.45, 7) is 3.87. The Balaban J connectivity index is 2.26. The number of rotatable bonds is 3. The molecular formula is C16H16N2OS. The van der Waals surface area contributed by atoms with Gasteiger partial charge in [-0.3, -0.25) is 4.21 Å². The molecule has 3 nitrogen and oxygen atoms in total. The number of aryl methyl sites for hydroxylation is 2. The predicted octanol–water partition coefficient (Wildman–Crippen LogP) is 3.07. The minimum Gasteiger partial charge on any atom is -0.398 e. The topological polar surface area (TPSA) is 66.9 Å². The van der Waals surface area contributed by atoms with Crippen molar-refractivity contribution in [2.45, 2.75) is 24.5 Å². The molecule has 0 bridgehead atoms. The van der Waals surface area contributed by atoms with Crippen LogP contribution in [0.15, 0.2) is 41.3 Å². The minimum absolute atomic E-state index is 0.408. The summed E-state index contributed by atoms with van der Waals surface area (Å²) < 4.78 is 12.4. The van der Waals surface area contributed by atoms with Gasteiger partial charge in [0.1, 0.15) is 0 Å². The van der Waals surface area contributed by atoms with E-state index in [1.807, 2.05) is 44.2 Å². The van der Waals surface area contributed by atoms with Gasteiger partial charge < -0.3 is 5.73 Å². The standard InChI is InChI=1S/C16H16N2OS/c1-11-3-6-16(15(18)7-11)20(19)10-14-5-4-13(9-17)8-12(14)2/h3-8H,10,18H2,1-2H3. The van der Waals surface area contributed by atoms with Crippen LogP contribution in [0.5, 0.6) is 0 Å². The maximum absolute atomic E-state index is 12.4. The molecule has 0 aromatic heterocycles. The molecule has 102 valence electrons. The van der Waals surface area contributed by atoms with Gasteiger partial charge >= 0.3 is 0 Å². The highest BCUT2D eigenvalue weighted by molar-refractivity contribution is 7.84. The maximum atomic E-state index is 12.4. The first-order valence-corrected chi connectivity index (χ1v) is 7.57. The van der Waals surface area contributed by atoms with Gasteiger partial charge in [0, 0.05) is 5.69 Å². The van der Waals surface area contributed by atoms with E-state index in [1.54, 1.807) is 6.07 Å². The van der Waals surface area contributed by atoms with E-state index in [0.717, 1.165) is 16.7 Å². The Morgan fingerprint density at radius 1 is 1.20 bits per heavy atom. The van der Waals surface area contributed by atoms with Crippen LogP contribution in [0, 0.1) is 25.2 Å². The summed E-state index contributed by atoms with van der Waals surface area (Å²) in [6, 6.07) is 13.1. The first kappa shape index (κ1) is 14.3. The molecule has 2 N–H and O–H groups in total. The Bertz CT molecular complexity index is 717. The van der Waals surface area contributed by atoms with E-state index in [-0.39, 0.29) is 0 Å². The fourth-order valence-electron chi connectivity index (χ4n) is 2.02. The van der Waals surface area contributed by atoms with E-state index in [0.29, 0.717) is 21.9 Å². The van der Waals surface area contributed by atoms with Gasteiger partial charge in [-0.1, -0.05) is 12.1 Å². The maximum Gasteiger partial charge on any atom is 0.0991 e. The zero-order valence-corrected chi connectivity index (χ0v) is 12.3. The normalized spacial score (nSPS) is 11.8. The first-order valence-electron chi connectivity index (χ1n) is 6.25. The van der Waals surface area contributed by atoms with Crippen molar-refractivity contribution in [3.05, 3.63) is 58.7 Å². The summed E-state index contributed by atoms with van der Waals surface area (Å²) in [5.74, 6) is 0.408. The second-order valence-electron chi connectivity index (χ2n) is 4.78. The van der Waals surface area contributed by atoms with E-state index < -0.39 is 10.8 Å². The van der Waals surface area contributed by atoms with Crippen LogP contribution in [0.2, 0.25) is 0 Å². The van der Waals surface area contributed by atoms with Crippen molar-refractivity contribution >= 4 is 16.5 Å².